The molecule has 2 amide bonds. The van der Waals surface area contributed by atoms with Crippen molar-refractivity contribution in [3.05, 3.63) is 23.1 Å². The number of nitrogens with zero attached hydrogens (tertiary/aromatic N) is 1. The Labute approximate surface area is 158 Å². The summed E-state index contributed by atoms with van der Waals surface area (Å²) in [7, 11) is 0. The van der Waals surface area contributed by atoms with Gasteiger partial charge >= 0.3 is 0 Å². The standard InChI is InChI=1S/C19H25ClN2O4/c1-2-3-4-17(23)21-9-12-13-10-22(11-19(13)8-7-14(12)26-19)18(24)15-5-6-16(20)25-15/h5-6,12-14H,2-4,7-11H2,1H3,(H,21,23)/t12-,13+,14+,19+/m0/s1. The number of hydrogen-bond donors (Lipinski definition) is 1. The lowest BCUT2D eigenvalue weighted by molar-refractivity contribution is -0.121. The Balaban J connectivity index is 1.41. The van der Waals surface area contributed by atoms with Gasteiger partial charge in [0.1, 0.15) is 0 Å². The van der Waals surface area contributed by atoms with Crippen molar-refractivity contribution < 1.29 is 18.7 Å². The van der Waals surface area contributed by atoms with Crippen molar-refractivity contribution >= 4 is 23.4 Å². The molecule has 142 valence electrons. The van der Waals surface area contributed by atoms with Gasteiger partial charge in [-0.2, -0.15) is 0 Å². The van der Waals surface area contributed by atoms with Gasteiger partial charge in [0.2, 0.25) is 5.91 Å². The van der Waals surface area contributed by atoms with Gasteiger partial charge in [0.25, 0.3) is 5.91 Å². The van der Waals surface area contributed by atoms with Crippen LogP contribution in [0.5, 0.6) is 0 Å². The number of carbonyl (C=O) groups is 2. The first-order valence-electron chi connectivity index (χ1n) is 9.51. The number of amides is 2. The number of nitrogens with one attached hydrogen (secondary N) is 1. The van der Waals surface area contributed by atoms with Crippen LogP contribution in [-0.2, 0) is 9.53 Å². The maximum Gasteiger partial charge on any atom is 0.289 e. The Morgan fingerprint density at radius 3 is 3.00 bits per heavy atom. The number of likely N-dealkylation sites (tertiary alicyclic amines) is 1. The topological polar surface area (TPSA) is 71.8 Å². The van der Waals surface area contributed by atoms with Crippen LogP contribution in [-0.4, -0.2) is 48.1 Å². The minimum atomic E-state index is -0.254. The van der Waals surface area contributed by atoms with Crippen molar-refractivity contribution in [1.29, 1.82) is 0 Å². The van der Waals surface area contributed by atoms with Crippen molar-refractivity contribution in [2.75, 3.05) is 19.6 Å². The molecular weight excluding hydrogens is 356 g/mol. The van der Waals surface area contributed by atoms with Crippen LogP contribution in [0.1, 0.15) is 49.6 Å². The molecule has 3 aliphatic heterocycles. The molecule has 4 atom stereocenters. The number of rotatable bonds is 6. The predicted octanol–water partition coefficient (Wildman–Crippen LogP) is 2.86. The smallest absolute Gasteiger partial charge is 0.289 e. The molecule has 1 aromatic rings. The third-order valence-electron chi connectivity index (χ3n) is 6.15. The van der Waals surface area contributed by atoms with Crippen molar-refractivity contribution in [2.45, 2.75) is 50.7 Å². The van der Waals surface area contributed by atoms with Crippen LogP contribution in [0.2, 0.25) is 5.22 Å². The van der Waals surface area contributed by atoms with E-state index in [1.165, 1.54) is 0 Å². The summed E-state index contributed by atoms with van der Waals surface area (Å²) < 4.78 is 11.6. The monoisotopic (exact) mass is 380 g/mol. The molecule has 3 fully saturated rings. The Morgan fingerprint density at radius 2 is 2.27 bits per heavy atom. The second-order valence-corrected chi connectivity index (χ2v) is 8.10. The molecule has 0 unspecified atom stereocenters. The van der Waals surface area contributed by atoms with Crippen molar-refractivity contribution in [3.63, 3.8) is 0 Å². The summed E-state index contributed by atoms with van der Waals surface area (Å²) in [5.41, 5.74) is -0.254. The maximum atomic E-state index is 12.7. The number of halogens is 1. The fourth-order valence-corrected chi connectivity index (χ4v) is 5.01. The molecule has 0 radical (unpaired) electrons. The maximum absolute atomic E-state index is 12.7. The highest BCUT2D eigenvalue weighted by Crippen LogP contribution is 2.54. The molecule has 0 aliphatic carbocycles. The molecule has 1 spiro atoms. The normalized spacial score (nSPS) is 32.1. The van der Waals surface area contributed by atoms with Gasteiger partial charge in [-0.05, 0) is 43.0 Å². The van der Waals surface area contributed by atoms with E-state index in [0.717, 1.165) is 25.7 Å². The second-order valence-electron chi connectivity index (χ2n) is 7.73. The molecule has 4 heterocycles. The molecule has 4 rings (SSSR count). The van der Waals surface area contributed by atoms with Crippen molar-refractivity contribution in [1.82, 2.24) is 10.2 Å². The van der Waals surface area contributed by atoms with Crippen LogP contribution in [0.4, 0.5) is 0 Å². The molecular formula is C19H25ClN2O4. The minimum Gasteiger partial charge on any atom is -0.440 e. The fourth-order valence-electron chi connectivity index (χ4n) is 4.86. The SMILES string of the molecule is CCCCC(=O)NC[C@H]1[C@H]2CN(C(=O)c3ccc(Cl)o3)C[C@]23CC[C@H]1O3. The number of unbranched alkanes of at least 4 members (excludes halogenated alkanes) is 1. The summed E-state index contributed by atoms with van der Waals surface area (Å²) in [6.45, 7) is 3.94. The fraction of sp³-hybridized carbons (Fsp3) is 0.684. The van der Waals surface area contributed by atoms with E-state index in [0.29, 0.717) is 26.1 Å². The summed E-state index contributed by atoms with van der Waals surface area (Å²) in [6, 6.07) is 3.20. The number of ether oxygens (including phenoxy) is 1. The largest absolute Gasteiger partial charge is 0.440 e. The van der Waals surface area contributed by atoms with E-state index in [1.54, 1.807) is 12.1 Å². The minimum absolute atomic E-state index is 0.111. The van der Waals surface area contributed by atoms with Crippen LogP contribution in [0, 0.1) is 11.8 Å². The van der Waals surface area contributed by atoms with Gasteiger partial charge < -0.3 is 19.4 Å². The average Bonchev–Trinajstić information content (AvgIpc) is 3.37. The van der Waals surface area contributed by atoms with Gasteiger partial charge in [0, 0.05) is 31.3 Å². The Hall–Kier alpha value is -1.53. The van der Waals surface area contributed by atoms with Crippen LogP contribution < -0.4 is 5.32 Å². The van der Waals surface area contributed by atoms with E-state index < -0.39 is 0 Å². The molecule has 3 aliphatic rings. The first-order valence-corrected chi connectivity index (χ1v) is 9.89. The van der Waals surface area contributed by atoms with E-state index >= 15 is 0 Å². The molecule has 2 bridgehead atoms. The third kappa shape index (κ3) is 3.03. The van der Waals surface area contributed by atoms with E-state index in [-0.39, 0.29) is 46.3 Å². The van der Waals surface area contributed by atoms with E-state index in [4.69, 9.17) is 20.8 Å². The van der Waals surface area contributed by atoms with Gasteiger partial charge in [-0.15, -0.1) is 0 Å². The van der Waals surface area contributed by atoms with Gasteiger partial charge in [0.05, 0.1) is 18.2 Å². The third-order valence-corrected chi connectivity index (χ3v) is 6.35. The number of hydrogen-bond acceptors (Lipinski definition) is 4. The number of carbonyl (C=O) groups excluding carboxylic acids is 2. The molecule has 26 heavy (non-hydrogen) atoms. The van der Waals surface area contributed by atoms with Crippen LogP contribution in [0.3, 0.4) is 0 Å². The van der Waals surface area contributed by atoms with Crippen molar-refractivity contribution in [2.24, 2.45) is 11.8 Å². The van der Waals surface area contributed by atoms with E-state index in [9.17, 15) is 9.59 Å². The summed E-state index contributed by atoms with van der Waals surface area (Å²) in [6.07, 6.45) is 4.68. The molecule has 1 N–H and O–H groups in total. The first-order chi connectivity index (χ1) is 12.5. The quantitative estimate of drug-likeness (QED) is 0.823. The summed E-state index contributed by atoms with van der Waals surface area (Å²) in [5, 5.41) is 3.29. The van der Waals surface area contributed by atoms with Gasteiger partial charge in [0.15, 0.2) is 11.0 Å². The summed E-state index contributed by atoms with van der Waals surface area (Å²) in [4.78, 5) is 26.5. The zero-order chi connectivity index (χ0) is 18.3. The zero-order valence-electron chi connectivity index (χ0n) is 15.0. The van der Waals surface area contributed by atoms with Gasteiger partial charge in [-0.3, -0.25) is 9.59 Å². The highest BCUT2D eigenvalue weighted by atomic mass is 35.5. The van der Waals surface area contributed by atoms with Crippen LogP contribution >= 0.6 is 11.6 Å². The van der Waals surface area contributed by atoms with E-state index in [1.807, 2.05) is 4.90 Å². The number of fused-ring (bicyclic) bond motifs is 1. The molecule has 1 aromatic heterocycles. The summed E-state index contributed by atoms with van der Waals surface area (Å²) >= 11 is 5.80. The number of furan rings is 1. The lowest BCUT2D eigenvalue weighted by Crippen LogP contribution is -2.41. The molecule has 0 aromatic carbocycles. The average molecular weight is 381 g/mol. The lowest BCUT2D eigenvalue weighted by atomic mass is 9.73. The van der Waals surface area contributed by atoms with Crippen LogP contribution in [0.25, 0.3) is 0 Å². The van der Waals surface area contributed by atoms with E-state index in [2.05, 4.69) is 12.2 Å². The first kappa shape index (κ1) is 17.9. The lowest BCUT2D eigenvalue weighted by Gasteiger charge is -2.29. The Morgan fingerprint density at radius 1 is 1.42 bits per heavy atom. The Bertz CT molecular complexity index is 705. The summed E-state index contributed by atoms with van der Waals surface area (Å²) in [5.74, 6) is 0.776. The van der Waals surface area contributed by atoms with Crippen molar-refractivity contribution in [3.8, 4) is 0 Å². The Kier molecular flexibility index (Phi) is 4.73. The molecule has 6 nitrogen and oxygen atoms in total. The van der Waals surface area contributed by atoms with Gasteiger partial charge in [-0.25, -0.2) is 0 Å². The predicted molar refractivity (Wildman–Crippen MR) is 96.0 cm³/mol. The highest BCUT2D eigenvalue weighted by molar-refractivity contribution is 6.29. The molecule has 7 heteroatoms. The molecule has 3 saturated heterocycles. The van der Waals surface area contributed by atoms with Gasteiger partial charge in [-0.1, -0.05) is 13.3 Å². The zero-order valence-corrected chi connectivity index (χ0v) is 15.8. The second kappa shape index (κ2) is 6.89. The highest BCUT2D eigenvalue weighted by Gasteiger charge is 2.63. The molecule has 0 saturated carbocycles. The van der Waals surface area contributed by atoms with Crippen LogP contribution in [0.15, 0.2) is 16.5 Å².